The zero-order valence-electron chi connectivity index (χ0n) is 10.7. The fourth-order valence-electron chi connectivity index (χ4n) is 1.31. The van der Waals surface area contributed by atoms with E-state index >= 15 is 0 Å². The lowest BCUT2D eigenvalue weighted by molar-refractivity contribution is -0.155. The number of hydrogen-bond acceptors (Lipinski definition) is 3. The summed E-state index contributed by atoms with van der Waals surface area (Å²) in [6.45, 7) is 0.316. The molecule has 0 aromatic heterocycles. The van der Waals surface area contributed by atoms with Crippen molar-refractivity contribution in [3.8, 4) is 0 Å². The van der Waals surface area contributed by atoms with Crippen LogP contribution in [0.1, 0.15) is 22.8 Å². The van der Waals surface area contributed by atoms with E-state index in [-0.39, 0.29) is 10.0 Å². The summed E-state index contributed by atoms with van der Waals surface area (Å²) in [5.41, 5.74) is -3.54. The molecule has 1 amide bonds. The fraction of sp³-hybridized carbons (Fsp3) is 0.333. The van der Waals surface area contributed by atoms with Gasteiger partial charge in [-0.2, -0.15) is 13.2 Å². The van der Waals surface area contributed by atoms with E-state index in [4.69, 9.17) is 5.11 Å². The smallest absolute Gasteiger partial charge is 0.417 e. The van der Waals surface area contributed by atoms with Crippen LogP contribution in [0.2, 0.25) is 0 Å². The normalized spacial score (nSPS) is 14.4. The van der Waals surface area contributed by atoms with Gasteiger partial charge in [0.15, 0.2) is 5.60 Å². The highest BCUT2D eigenvalue weighted by Crippen LogP contribution is 2.35. The predicted octanol–water partition coefficient (Wildman–Crippen LogP) is 2.03. The quantitative estimate of drug-likeness (QED) is 0.757. The SMILES string of the molecule is CC(O)(CNC(=O)c1ccc(Br)c(C(F)(F)F)c1)C(=O)O. The number of carbonyl (C=O) groups is 2. The van der Waals surface area contributed by atoms with Gasteiger partial charge in [0.05, 0.1) is 12.1 Å². The van der Waals surface area contributed by atoms with Crippen molar-refractivity contribution in [1.82, 2.24) is 5.32 Å². The lowest BCUT2D eigenvalue weighted by Crippen LogP contribution is -2.46. The Bertz CT molecular complexity index is 572. The van der Waals surface area contributed by atoms with Gasteiger partial charge in [0, 0.05) is 10.0 Å². The van der Waals surface area contributed by atoms with Gasteiger partial charge >= 0.3 is 12.1 Å². The standard InChI is InChI=1S/C12H11BrF3NO4/c1-11(21,10(19)20)5-17-9(18)6-2-3-8(13)7(4-6)12(14,15)16/h2-4,21H,5H2,1H3,(H,17,18)(H,19,20). The molecule has 0 aliphatic rings. The number of amides is 1. The molecule has 5 nitrogen and oxygen atoms in total. The molecule has 0 aliphatic heterocycles. The highest BCUT2D eigenvalue weighted by atomic mass is 79.9. The molecule has 0 spiro atoms. The minimum atomic E-state index is -4.64. The number of alkyl halides is 3. The van der Waals surface area contributed by atoms with Crippen molar-refractivity contribution in [2.45, 2.75) is 18.7 Å². The van der Waals surface area contributed by atoms with Crippen molar-refractivity contribution in [2.75, 3.05) is 6.54 Å². The van der Waals surface area contributed by atoms with Crippen molar-refractivity contribution in [3.05, 3.63) is 33.8 Å². The van der Waals surface area contributed by atoms with Crippen LogP contribution in [0, 0.1) is 0 Å². The zero-order chi connectivity index (χ0) is 16.4. The van der Waals surface area contributed by atoms with E-state index in [9.17, 15) is 27.9 Å². The number of nitrogens with one attached hydrogen (secondary N) is 1. The largest absolute Gasteiger partial charge is 0.479 e. The summed E-state index contributed by atoms with van der Waals surface area (Å²) in [5.74, 6) is -2.48. The zero-order valence-corrected chi connectivity index (χ0v) is 12.2. The van der Waals surface area contributed by atoms with E-state index in [2.05, 4.69) is 21.2 Å². The minimum Gasteiger partial charge on any atom is -0.479 e. The molecule has 0 saturated heterocycles. The summed E-state index contributed by atoms with van der Waals surface area (Å²) in [6.07, 6.45) is -4.64. The lowest BCUT2D eigenvalue weighted by Gasteiger charge is -2.18. The Kier molecular flexibility index (Phi) is 5.00. The van der Waals surface area contributed by atoms with Gasteiger partial charge < -0.3 is 15.5 Å². The number of halogens is 4. The molecule has 3 N–H and O–H groups in total. The maximum atomic E-state index is 12.7. The van der Waals surface area contributed by atoms with Gasteiger partial charge in [-0.3, -0.25) is 4.79 Å². The van der Waals surface area contributed by atoms with Gasteiger partial charge in [-0.15, -0.1) is 0 Å². The molecule has 9 heteroatoms. The van der Waals surface area contributed by atoms with Gasteiger partial charge in [-0.25, -0.2) is 4.79 Å². The molecule has 1 atom stereocenters. The molecule has 0 radical (unpaired) electrons. The van der Waals surface area contributed by atoms with Gasteiger partial charge in [0.2, 0.25) is 0 Å². The molecule has 0 heterocycles. The van der Waals surface area contributed by atoms with Crippen molar-refractivity contribution < 1.29 is 33.0 Å². The van der Waals surface area contributed by atoms with Crippen LogP contribution in [0.15, 0.2) is 22.7 Å². The molecule has 1 aromatic carbocycles. The molecule has 0 fully saturated rings. The van der Waals surface area contributed by atoms with Gasteiger partial charge in [-0.05, 0) is 25.1 Å². The number of carbonyl (C=O) groups excluding carboxylic acids is 1. The molecule has 0 aliphatic carbocycles. The Balaban J connectivity index is 2.92. The highest BCUT2D eigenvalue weighted by Gasteiger charge is 2.34. The second-order valence-electron chi connectivity index (χ2n) is 4.45. The topological polar surface area (TPSA) is 86.6 Å². The molecule has 0 bridgehead atoms. The first-order chi connectivity index (χ1) is 9.45. The molecule has 0 saturated carbocycles. The number of rotatable bonds is 4. The van der Waals surface area contributed by atoms with Crippen LogP contribution in [-0.2, 0) is 11.0 Å². The van der Waals surface area contributed by atoms with Crippen LogP contribution in [-0.4, -0.2) is 34.2 Å². The van der Waals surface area contributed by atoms with E-state index in [0.717, 1.165) is 19.1 Å². The van der Waals surface area contributed by atoms with Crippen molar-refractivity contribution in [1.29, 1.82) is 0 Å². The summed E-state index contributed by atoms with van der Waals surface area (Å²) in [7, 11) is 0. The van der Waals surface area contributed by atoms with Crippen molar-refractivity contribution >= 4 is 27.8 Å². The number of benzene rings is 1. The van der Waals surface area contributed by atoms with Crippen LogP contribution < -0.4 is 5.32 Å². The van der Waals surface area contributed by atoms with Crippen LogP contribution in [0.4, 0.5) is 13.2 Å². The van der Waals surface area contributed by atoms with Crippen LogP contribution in [0.3, 0.4) is 0 Å². The van der Waals surface area contributed by atoms with Gasteiger partial charge in [0.1, 0.15) is 0 Å². The van der Waals surface area contributed by atoms with Gasteiger partial charge in [0.25, 0.3) is 5.91 Å². The molecule has 116 valence electrons. The predicted molar refractivity (Wildman–Crippen MR) is 69.7 cm³/mol. The molecule has 1 unspecified atom stereocenters. The Labute approximate surface area is 125 Å². The average molecular weight is 370 g/mol. The summed E-state index contributed by atoms with van der Waals surface area (Å²) in [6, 6.07) is 2.84. The second kappa shape index (κ2) is 6.02. The monoisotopic (exact) mass is 369 g/mol. The number of aliphatic hydroxyl groups is 1. The molecule has 1 aromatic rings. The van der Waals surface area contributed by atoms with E-state index in [1.54, 1.807) is 0 Å². The second-order valence-corrected chi connectivity index (χ2v) is 5.31. The first-order valence-electron chi connectivity index (χ1n) is 5.56. The van der Waals surface area contributed by atoms with Crippen LogP contribution >= 0.6 is 15.9 Å². The molecular formula is C12H11BrF3NO4. The Morgan fingerprint density at radius 3 is 2.38 bits per heavy atom. The maximum absolute atomic E-state index is 12.7. The fourth-order valence-corrected chi connectivity index (χ4v) is 1.79. The number of aliphatic carboxylic acids is 1. The molecule has 1 rings (SSSR count). The molecular weight excluding hydrogens is 359 g/mol. The first kappa shape index (κ1) is 17.4. The third-order valence-electron chi connectivity index (χ3n) is 2.59. The average Bonchev–Trinajstić information content (AvgIpc) is 2.35. The Hall–Kier alpha value is -1.61. The van der Waals surface area contributed by atoms with Gasteiger partial charge in [-0.1, -0.05) is 15.9 Å². The lowest BCUT2D eigenvalue weighted by atomic mass is 10.1. The van der Waals surface area contributed by atoms with E-state index in [1.807, 2.05) is 0 Å². The number of carboxylic acids is 1. The van der Waals surface area contributed by atoms with E-state index in [1.165, 1.54) is 0 Å². The maximum Gasteiger partial charge on any atom is 0.417 e. The van der Waals surface area contributed by atoms with E-state index < -0.39 is 35.8 Å². The van der Waals surface area contributed by atoms with Crippen LogP contribution in [0.5, 0.6) is 0 Å². The summed E-state index contributed by atoms with van der Waals surface area (Å²) in [4.78, 5) is 22.4. The Morgan fingerprint density at radius 1 is 1.33 bits per heavy atom. The number of carboxylic acid groups (broad SMARTS) is 1. The summed E-state index contributed by atoms with van der Waals surface area (Å²) < 4.78 is 37.9. The minimum absolute atomic E-state index is 0.218. The third kappa shape index (κ3) is 4.43. The Morgan fingerprint density at radius 2 is 1.90 bits per heavy atom. The highest BCUT2D eigenvalue weighted by molar-refractivity contribution is 9.10. The van der Waals surface area contributed by atoms with Crippen molar-refractivity contribution in [3.63, 3.8) is 0 Å². The third-order valence-corrected chi connectivity index (χ3v) is 3.28. The van der Waals surface area contributed by atoms with E-state index in [0.29, 0.717) is 6.07 Å². The number of hydrogen-bond donors (Lipinski definition) is 3. The van der Waals surface area contributed by atoms with Crippen LogP contribution in [0.25, 0.3) is 0 Å². The van der Waals surface area contributed by atoms with Crippen molar-refractivity contribution in [2.24, 2.45) is 0 Å². The summed E-state index contributed by atoms with van der Waals surface area (Å²) in [5, 5.41) is 20.1. The summed E-state index contributed by atoms with van der Waals surface area (Å²) >= 11 is 2.74. The molecule has 21 heavy (non-hydrogen) atoms. The first-order valence-corrected chi connectivity index (χ1v) is 6.35.